The Bertz CT molecular complexity index is 1020. The van der Waals surface area contributed by atoms with Crippen LogP contribution >= 0.6 is 0 Å². The summed E-state index contributed by atoms with van der Waals surface area (Å²) >= 11 is 0. The van der Waals surface area contributed by atoms with Crippen molar-refractivity contribution in [2.24, 2.45) is 0 Å². The SMILES string of the molecule is CC(=O)N1c2ccc(-c3cnc(N4CCCCC4)nc3)cc2[C@H](N(C(=O)O)C(C)C)C[C@@H]1C. The number of carbonyl (C=O) groups excluding carboxylic acids is 1. The lowest BCUT2D eigenvalue weighted by Gasteiger charge is -2.43. The van der Waals surface area contributed by atoms with Gasteiger partial charge in [-0.25, -0.2) is 14.8 Å². The number of carbonyl (C=O) groups is 2. The van der Waals surface area contributed by atoms with Gasteiger partial charge in [-0.1, -0.05) is 6.07 Å². The molecule has 33 heavy (non-hydrogen) atoms. The molecule has 8 heteroatoms. The van der Waals surface area contributed by atoms with Crippen molar-refractivity contribution in [3.63, 3.8) is 0 Å². The van der Waals surface area contributed by atoms with E-state index in [4.69, 9.17) is 0 Å². The largest absolute Gasteiger partial charge is 0.465 e. The number of aromatic nitrogens is 2. The van der Waals surface area contributed by atoms with Crippen molar-refractivity contribution in [2.45, 2.75) is 71.5 Å². The van der Waals surface area contributed by atoms with Crippen molar-refractivity contribution in [2.75, 3.05) is 22.9 Å². The quantitative estimate of drug-likeness (QED) is 0.724. The van der Waals surface area contributed by atoms with Crippen LogP contribution in [-0.2, 0) is 4.79 Å². The molecular weight excluding hydrogens is 418 g/mol. The molecule has 4 rings (SSSR count). The van der Waals surface area contributed by atoms with Gasteiger partial charge >= 0.3 is 6.09 Å². The highest BCUT2D eigenvalue weighted by Gasteiger charge is 2.38. The standard InChI is InChI=1S/C25H33N5O3/c1-16(2)29(25(32)33)23-12-17(3)30(18(4)31)22-9-8-19(13-21(22)23)20-14-26-24(27-15-20)28-10-6-5-7-11-28/h8-9,13-17,23H,5-7,10-12H2,1-4H3,(H,32,33)/t17-,23+/m0/s1. The molecule has 1 aromatic carbocycles. The van der Waals surface area contributed by atoms with Crippen LogP contribution in [0.3, 0.4) is 0 Å². The minimum atomic E-state index is -0.955. The molecule has 176 valence electrons. The Hall–Kier alpha value is -3.16. The molecule has 0 unspecified atom stereocenters. The zero-order chi connectivity index (χ0) is 23.7. The summed E-state index contributed by atoms with van der Waals surface area (Å²) in [5.74, 6) is 0.707. The van der Waals surface area contributed by atoms with Gasteiger partial charge in [0.05, 0.1) is 6.04 Å². The van der Waals surface area contributed by atoms with Crippen LogP contribution in [-0.4, -0.2) is 57.1 Å². The van der Waals surface area contributed by atoms with E-state index in [2.05, 4.69) is 14.9 Å². The first-order valence-corrected chi connectivity index (χ1v) is 11.8. The maximum absolute atomic E-state index is 12.4. The lowest BCUT2D eigenvalue weighted by atomic mass is 9.88. The molecule has 3 heterocycles. The Morgan fingerprint density at radius 1 is 1.09 bits per heavy atom. The molecule has 0 spiro atoms. The second-order valence-electron chi connectivity index (χ2n) is 9.37. The fraction of sp³-hybridized carbons (Fsp3) is 0.520. The molecule has 0 aliphatic carbocycles. The van der Waals surface area contributed by atoms with E-state index < -0.39 is 6.09 Å². The molecule has 1 saturated heterocycles. The number of fused-ring (bicyclic) bond motifs is 1. The normalized spacial score (nSPS) is 20.5. The third-order valence-electron chi connectivity index (χ3n) is 6.71. The van der Waals surface area contributed by atoms with Crippen molar-refractivity contribution in [1.29, 1.82) is 0 Å². The molecule has 1 aromatic heterocycles. The van der Waals surface area contributed by atoms with E-state index in [0.29, 0.717) is 6.42 Å². The summed E-state index contributed by atoms with van der Waals surface area (Å²) < 4.78 is 0. The molecule has 2 aromatic rings. The topological polar surface area (TPSA) is 89.9 Å². The molecule has 0 bridgehead atoms. The van der Waals surface area contributed by atoms with Crippen molar-refractivity contribution in [3.8, 4) is 11.1 Å². The number of rotatable bonds is 4. The van der Waals surface area contributed by atoms with Crippen LogP contribution in [0, 0.1) is 0 Å². The summed E-state index contributed by atoms with van der Waals surface area (Å²) in [6.07, 6.45) is 6.84. The van der Waals surface area contributed by atoms with Crippen LogP contribution in [0.5, 0.6) is 0 Å². The van der Waals surface area contributed by atoms with E-state index in [0.717, 1.165) is 41.4 Å². The number of hydrogen-bond donors (Lipinski definition) is 1. The smallest absolute Gasteiger partial charge is 0.408 e. The predicted molar refractivity (Wildman–Crippen MR) is 129 cm³/mol. The van der Waals surface area contributed by atoms with Gasteiger partial charge in [-0.2, -0.15) is 0 Å². The summed E-state index contributed by atoms with van der Waals surface area (Å²) in [5, 5.41) is 9.94. The average molecular weight is 452 g/mol. The minimum Gasteiger partial charge on any atom is -0.465 e. The molecule has 1 N–H and O–H groups in total. The third-order valence-corrected chi connectivity index (χ3v) is 6.71. The van der Waals surface area contributed by atoms with Crippen molar-refractivity contribution in [3.05, 3.63) is 36.2 Å². The molecular formula is C25H33N5O3. The summed E-state index contributed by atoms with van der Waals surface area (Å²) in [4.78, 5) is 39.3. The van der Waals surface area contributed by atoms with Gasteiger partial charge < -0.3 is 14.9 Å². The third kappa shape index (κ3) is 4.51. The first-order chi connectivity index (χ1) is 15.8. The van der Waals surface area contributed by atoms with Crippen LogP contribution in [0.4, 0.5) is 16.4 Å². The van der Waals surface area contributed by atoms with Gasteiger partial charge in [-0.15, -0.1) is 0 Å². The monoisotopic (exact) mass is 451 g/mol. The Morgan fingerprint density at radius 3 is 2.33 bits per heavy atom. The van der Waals surface area contributed by atoms with Gasteiger partial charge in [0.25, 0.3) is 0 Å². The van der Waals surface area contributed by atoms with Gasteiger partial charge in [0.2, 0.25) is 11.9 Å². The van der Waals surface area contributed by atoms with Gasteiger partial charge in [-0.05, 0) is 69.7 Å². The van der Waals surface area contributed by atoms with Crippen LogP contribution in [0.25, 0.3) is 11.1 Å². The zero-order valence-electron chi connectivity index (χ0n) is 19.9. The highest BCUT2D eigenvalue weighted by atomic mass is 16.4. The summed E-state index contributed by atoms with van der Waals surface area (Å²) in [6.45, 7) is 9.26. The fourth-order valence-electron chi connectivity index (χ4n) is 5.20. The Kier molecular flexibility index (Phi) is 6.54. The number of carboxylic acid groups (broad SMARTS) is 1. The van der Waals surface area contributed by atoms with E-state index in [1.54, 1.807) is 11.8 Å². The Morgan fingerprint density at radius 2 is 1.76 bits per heavy atom. The maximum atomic E-state index is 12.4. The number of piperidine rings is 1. The van der Waals surface area contributed by atoms with E-state index in [1.165, 1.54) is 24.2 Å². The number of anilines is 2. The maximum Gasteiger partial charge on any atom is 0.408 e. The molecule has 2 atom stereocenters. The van der Waals surface area contributed by atoms with Crippen LogP contribution in [0.2, 0.25) is 0 Å². The van der Waals surface area contributed by atoms with Crippen LogP contribution in [0.1, 0.15) is 65.0 Å². The highest BCUT2D eigenvalue weighted by Crippen LogP contribution is 2.43. The van der Waals surface area contributed by atoms with Gasteiger partial charge in [-0.3, -0.25) is 9.69 Å². The molecule has 0 radical (unpaired) electrons. The summed E-state index contributed by atoms with van der Waals surface area (Å²) in [7, 11) is 0. The van der Waals surface area contributed by atoms with Gasteiger partial charge in [0, 0.05) is 55.7 Å². The van der Waals surface area contributed by atoms with E-state index in [9.17, 15) is 14.7 Å². The Labute approximate surface area is 195 Å². The lowest BCUT2D eigenvalue weighted by Crippen LogP contribution is -2.48. The van der Waals surface area contributed by atoms with E-state index in [-0.39, 0.29) is 24.0 Å². The van der Waals surface area contributed by atoms with Crippen molar-refractivity contribution in [1.82, 2.24) is 14.9 Å². The van der Waals surface area contributed by atoms with Crippen molar-refractivity contribution >= 4 is 23.6 Å². The fourth-order valence-corrected chi connectivity index (χ4v) is 5.20. The van der Waals surface area contributed by atoms with Gasteiger partial charge in [0.1, 0.15) is 0 Å². The van der Waals surface area contributed by atoms with Crippen molar-refractivity contribution < 1.29 is 14.7 Å². The molecule has 0 saturated carbocycles. The van der Waals surface area contributed by atoms with E-state index in [1.807, 2.05) is 51.4 Å². The second-order valence-corrected chi connectivity index (χ2v) is 9.37. The predicted octanol–water partition coefficient (Wildman–Crippen LogP) is 4.71. The molecule has 2 aliphatic heterocycles. The summed E-state index contributed by atoms with van der Waals surface area (Å²) in [6, 6.07) is 5.26. The molecule has 2 aliphatic rings. The van der Waals surface area contributed by atoms with Gasteiger partial charge in [0.15, 0.2) is 0 Å². The van der Waals surface area contributed by atoms with Crippen LogP contribution < -0.4 is 9.80 Å². The number of amides is 2. The number of nitrogens with zero attached hydrogens (tertiary/aromatic N) is 5. The molecule has 8 nitrogen and oxygen atoms in total. The number of hydrogen-bond acceptors (Lipinski definition) is 5. The Balaban J connectivity index is 1.73. The average Bonchev–Trinajstić information content (AvgIpc) is 2.79. The minimum absolute atomic E-state index is 0.0458. The summed E-state index contributed by atoms with van der Waals surface area (Å²) in [5.41, 5.74) is 3.40. The number of benzene rings is 1. The second kappa shape index (κ2) is 9.37. The zero-order valence-corrected chi connectivity index (χ0v) is 19.9. The van der Waals surface area contributed by atoms with E-state index >= 15 is 0 Å². The van der Waals surface area contributed by atoms with Crippen LogP contribution in [0.15, 0.2) is 30.6 Å². The first-order valence-electron chi connectivity index (χ1n) is 11.8. The highest BCUT2D eigenvalue weighted by molar-refractivity contribution is 5.94. The molecule has 2 amide bonds. The lowest BCUT2D eigenvalue weighted by molar-refractivity contribution is -0.117. The molecule has 1 fully saturated rings. The first kappa shape index (κ1) is 23.0.